The molecule has 0 saturated carbocycles. The second-order valence-corrected chi connectivity index (χ2v) is 7.73. The van der Waals surface area contributed by atoms with Crippen LogP contribution in [-0.2, 0) is 19.0 Å². The number of allylic oxidation sites excluding steroid dienone is 6. The quantitative estimate of drug-likeness (QED) is 0.198. The third kappa shape index (κ3) is 13.7. The van der Waals surface area contributed by atoms with Crippen LogP contribution in [0.25, 0.3) is 0 Å². The van der Waals surface area contributed by atoms with E-state index < -0.39 is 5.79 Å². The Balaban J connectivity index is 1.89. The highest BCUT2D eigenvalue weighted by molar-refractivity contribution is 5.69. The van der Waals surface area contributed by atoms with Crippen molar-refractivity contribution in [3.63, 3.8) is 0 Å². The summed E-state index contributed by atoms with van der Waals surface area (Å²) in [4.78, 5) is 11.9. The highest BCUT2D eigenvalue weighted by atomic mass is 16.7. The second-order valence-electron chi connectivity index (χ2n) is 7.73. The number of rotatable bonds is 14. The van der Waals surface area contributed by atoms with E-state index in [9.17, 15) is 4.79 Å². The molecule has 0 atom stereocenters. The molecule has 1 aliphatic heterocycles. The molecule has 160 valence electrons. The summed E-state index contributed by atoms with van der Waals surface area (Å²) in [6.45, 7) is 6.72. The van der Waals surface area contributed by atoms with Gasteiger partial charge in [0.15, 0.2) is 5.79 Å². The molecule has 28 heavy (non-hydrogen) atoms. The van der Waals surface area contributed by atoms with Gasteiger partial charge < -0.3 is 14.2 Å². The van der Waals surface area contributed by atoms with Crippen molar-refractivity contribution in [3.05, 3.63) is 36.5 Å². The topological polar surface area (TPSA) is 44.8 Å². The van der Waals surface area contributed by atoms with E-state index in [1.165, 1.54) is 19.3 Å². The standard InChI is InChI=1S/C24H40O4/c1-4-5-6-7-8-9-10-11-12-13-14-15-16-17-18-19-23(25)28-22-20-26-24(2,3)27-21-22/h5-6,8-9,11-12,22H,4,7,10,13-21H2,1-3H3/b6-5-,9-8-,12-11-. The Morgan fingerprint density at radius 1 is 0.893 bits per heavy atom. The van der Waals surface area contributed by atoms with E-state index >= 15 is 0 Å². The van der Waals surface area contributed by atoms with Crippen molar-refractivity contribution in [2.45, 2.75) is 96.9 Å². The van der Waals surface area contributed by atoms with E-state index in [4.69, 9.17) is 14.2 Å². The summed E-state index contributed by atoms with van der Waals surface area (Å²) in [5.41, 5.74) is 0. The van der Waals surface area contributed by atoms with Crippen molar-refractivity contribution in [2.75, 3.05) is 13.2 Å². The summed E-state index contributed by atoms with van der Waals surface area (Å²) in [5, 5.41) is 0. The predicted molar refractivity (Wildman–Crippen MR) is 115 cm³/mol. The molecule has 4 heteroatoms. The zero-order valence-electron chi connectivity index (χ0n) is 18.2. The van der Waals surface area contributed by atoms with Gasteiger partial charge in [-0.2, -0.15) is 0 Å². The van der Waals surface area contributed by atoms with Crippen LogP contribution in [-0.4, -0.2) is 31.1 Å². The third-order valence-corrected chi connectivity index (χ3v) is 4.56. The number of ether oxygens (including phenoxy) is 3. The minimum absolute atomic E-state index is 0.141. The fourth-order valence-electron chi connectivity index (χ4n) is 2.88. The summed E-state index contributed by atoms with van der Waals surface area (Å²) >= 11 is 0. The van der Waals surface area contributed by atoms with Crippen LogP contribution in [0.3, 0.4) is 0 Å². The zero-order valence-corrected chi connectivity index (χ0v) is 18.2. The Hall–Kier alpha value is -1.39. The first-order valence-corrected chi connectivity index (χ1v) is 11.0. The van der Waals surface area contributed by atoms with E-state index in [0.29, 0.717) is 19.6 Å². The smallest absolute Gasteiger partial charge is 0.306 e. The molecule has 0 bridgehead atoms. The molecule has 4 nitrogen and oxygen atoms in total. The lowest BCUT2D eigenvalue weighted by Crippen LogP contribution is -2.43. The average molecular weight is 393 g/mol. The van der Waals surface area contributed by atoms with Crippen LogP contribution in [0.4, 0.5) is 0 Å². The fraction of sp³-hybridized carbons (Fsp3) is 0.708. The van der Waals surface area contributed by atoms with E-state index in [1.54, 1.807) is 0 Å². The monoisotopic (exact) mass is 392 g/mol. The maximum atomic E-state index is 11.9. The molecule has 0 spiro atoms. The van der Waals surface area contributed by atoms with Gasteiger partial charge in [-0.1, -0.05) is 62.6 Å². The maximum Gasteiger partial charge on any atom is 0.306 e. The van der Waals surface area contributed by atoms with Crippen LogP contribution in [0.2, 0.25) is 0 Å². The van der Waals surface area contributed by atoms with Crippen molar-refractivity contribution < 1.29 is 19.0 Å². The van der Waals surface area contributed by atoms with Crippen LogP contribution in [0.15, 0.2) is 36.5 Å². The number of hydrogen-bond acceptors (Lipinski definition) is 4. The number of carbonyl (C=O) groups is 1. The molecular formula is C24H40O4. The first-order valence-electron chi connectivity index (χ1n) is 11.0. The zero-order chi connectivity index (χ0) is 20.5. The van der Waals surface area contributed by atoms with E-state index in [1.807, 2.05) is 13.8 Å². The summed E-state index contributed by atoms with van der Waals surface area (Å²) < 4.78 is 16.4. The molecular weight excluding hydrogens is 352 g/mol. The minimum atomic E-state index is -0.569. The molecule has 1 aliphatic rings. The second kappa shape index (κ2) is 15.5. The first kappa shape index (κ1) is 24.6. The van der Waals surface area contributed by atoms with Gasteiger partial charge in [0.2, 0.25) is 0 Å². The lowest BCUT2D eigenvalue weighted by molar-refractivity contribution is -0.276. The number of unbranched alkanes of at least 4 members (excludes halogenated alkanes) is 5. The largest absolute Gasteiger partial charge is 0.457 e. The number of hydrogen-bond donors (Lipinski definition) is 0. The summed E-state index contributed by atoms with van der Waals surface area (Å²) in [6, 6.07) is 0. The van der Waals surface area contributed by atoms with Crippen molar-refractivity contribution in [1.29, 1.82) is 0 Å². The van der Waals surface area contributed by atoms with Gasteiger partial charge in [0.05, 0.1) is 13.2 Å². The Labute approximate surface area is 172 Å². The Kier molecular flexibility index (Phi) is 13.7. The average Bonchev–Trinajstić information content (AvgIpc) is 2.66. The van der Waals surface area contributed by atoms with Crippen LogP contribution < -0.4 is 0 Å². The Bertz CT molecular complexity index is 481. The van der Waals surface area contributed by atoms with Crippen molar-refractivity contribution in [3.8, 4) is 0 Å². The normalized spacial score (nSPS) is 17.8. The van der Waals surface area contributed by atoms with Gasteiger partial charge in [-0.15, -0.1) is 0 Å². The van der Waals surface area contributed by atoms with Gasteiger partial charge in [0.25, 0.3) is 0 Å². The molecule has 0 N–H and O–H groups in total. The molecule has 0 radical (unpaired) electrons. The lowest BCUT2D eigenvalue weighted by Gasteiger charge is -2.34. The van der Waals surface area contributed by atoms with Gasteiger partial charge in [-0.3, -0.25) is 4.79 Å². The van der Waals surface area contributed by atoms with Gasteiger partial charge in [0.1, 0.15) is 6.10 Å². The van der Waals surface area contributed by atoms with Crippen molar-refractivity contribution in [2.24, 2.45) is 0 Å². The van der Waals surface area contributed by atoms with Gasteiger partial charge >= 0.3 is 5.97 Å². The van der Waals surface area contributed by atoms with Gasteiger partial charge in [-0.05, 0) is 52.4 Å². The lowest BCUT2D eigenvalue weighted by atomic mass is 10.1. The Morgan fingerprint density at radius 2 is 1.46 bits per heavy atom. The molecule has 1 fully saturated rings. The summed E-state index contributed by atoms with van der Waals surface area (Å²) in [5.74, 6) is -0.709. The summed E-state index contributed by atoms with van der Waals surface area (Å²) in [6.07, 6.45) is 23.5. The fourth-order valence-corrected chi connectivity index (χ4v) is 2.88. The molecule has 0 aliphatic carbocycles. The molecule has 1 saturated heterocycles. The highest BCUT2D eigenvalue weighted by Crippen LogP contribution is 2.19. The van der Waals surface area contributed by atoms with Gasteiger partial charge in [0, 0.05) is 6.42 Å². The van der Waals surface area contributed by atoms with Crippen molar-refractivity contribution >= 4 is 5.97 Å². The Morgan fingerprint density at radius 3 is 2.14 bits per heavy atom. The third-order valence-electron chi connectivity index (χ3n) is 4.56. The molecule has 0 aromatic heterocycles. The van der Waals surface area contributed by atoms with E-state index in [0.717, 1.165) is 38.5 Å². The molecule has 0 aromatic carbocycles. The van der Waals surface area contributed by atoms with Crippen LogP contribution in [0.1, 0.15) is 85.0 Å². The SMILES string of the molecule is CC/C=C\C/C=C\C/C=C\CCCCCCCC(=O)OC1COC(C)(C)OC1. The predicted octanol–water partition coefficient (Wildman–Crippen LogP) is 6.27. The van der Waals surface area contributed by atoms with Gasteiger partial charge in [-0.25, -0.2) is 0 Å². The summed E-state index contributed by atoms with van der Waals surface area (Å²) in [7, 11) is 0. The molecule has 0 unspecified atom stereocenters. The number of esters is 1. The highest BCUT2D eigenvalue weighted by Gasteiger charge is 2.30. The van der Waals surface area contributed by atoms with Crippen molar-refractivity contribution in [1.82, 2.24) is 0 Å². The van der Waals surface area contributed by atoms with E-state index in [2.05, 4.69) is 43.4 Å². The molecule has 1 rings (SSSR count). The molecule has 0 amide bonds. The van der Waals surface area contributed by atoms with Crippen LogP contribution in [0, 0.1) is 0 Å². The molecule has 1 heterocycles. The maximum absolute atomic E-state index is 11.9. The van der Waals surface area contributed by atoms with Crippen LogP contribution in [0.5, 0.6) is 0 Å². The minimum Gasteiger partial charge on any atom is -0.457 e. The number of carbonyl (C=O) groups excluding carboxylic acids is 1. The molecule has 0 aromatic rings. The van der Waals surface area contributed by atoms with E-state index in [-0.39, 0.29) is 12.1 Å². The van der Waals surface area contributed by atoms with Crippen LogP contribution >= 0.6 is 0 Å². The first-order chi connectivity index (χ1) is 13.5.